The van der Waals surface area contributed by atoms with Crippen LogP contribution in [0.25, 0.3) is 11.3 Å². The summed E-state index contributed by atoms with van der Waals surface area (Å²) in [5.41, 5.74) is 2.42. The second kappa shape index (κ2) is 5.37. The molecule has 2 aromatic carbocycles. The molecule has 5 nitrogen and oxygen atoms in total. The molecule has 0 saturated carbocycles. The van der Waals surface area contributed by atoms with Crippen LogP contribution < -0.4 is 5.32 Å². The number of nitrogens with one attached hydrogen (secondary N) is 1. The second-order valence-electron chi connectivity index (χ2n) is 4.79. The number of amides is 1. The van der Waals surface area contributed by atoms with Crippen molar-refractivity contribution in [3.05, 3.63) is 65.2 Å². The topological polar surface area (TPSA) is 75.6 Å². The van der Waals surface area contributed by atoms with Crippen LogP contribution in [0.3, 0.4) is 0 Å². The van der Waals surface area contributed by atoms with Gasteiger partial charge < -0.3 is 15.2 Å². The lowest BCUT2D eigenvalue weighted by Gasteiger charge is -2.09. The minimum atomic E-state index is -1.04. The Bertz CT molecular complexity index is 794. The van der Waals surface area contributed by atoms with E-state index in [2.05, 4.69) is 5.32 Å². The van der Waals surface area contributed by atoms with Crippen LogP contribution in [0.5, 0.6) is 0 Å². The zero-order chi connectivity index (χ0) is 15.7. The summed E-state index contributed by atoms with van der Waals surface area (Å²) in [5.74, 6) is -0.886. The molecule has 0 spiro atoms. The molecule has 0 fully saturated rings. The fraction of sp³-hybridized carbons (Fsp3) is 0.0588. The zero-order valence-corrected chi connectivity index (χ0v) is 11.8. The van der Waals surface area contributed by atoms with Crippen molar-refractivity contribution < 1.29 is 19.4 Å². The smallest absolute Gasteiger partial charge is 0.335 e. The monoisotopic (exact) mass is 295 g/mol. The van der Waals surface area contributed by atoms with Gasteiger partial charge in [-0.25, -0.2) is 4.79 Å². The molecule has 2 aromatic rings. The predicted octanol–water partition coefficient (Wildman–Crippen LogP) is 2.85. The average molecular weight is 295 g/mol. The van der Waals surface area contributed by atoms with Crippen molar-refractivity contribution in [3.8, 4) is 0 Å². The Morgan fingerprint density at radius 2 is 1.82 bits per heavy atom. The van der Waals surface area contributed by atoms with E-state index in [-0.39, 0.29) is 11.5 Å². The summed E-state index contributed by atoms with van der Waals surface area (Å²) in [7, 11) is 1.51. The van der Waals surface area contributed by atoms with Gasteiger partial charge in [0, 0.05) is 11.1 Å². The summed E-state index contributed by atoms with van der Waals surface area (Å²) in [6, 6.07) is 13.8. The van der Waals surface area contributed by atoms with Gasteiger partial charge in [-0.05, 0) is 12.1 Å². The lowest BCUT2D eigenvalue weighted by Crippen LogP contribution is -2.06. The van der Waals surface area contributed by atoms with Crippen molar-refractivity contribution in [1.82, 2.24) is 0 Å². The Hall–Kier alpha value is -3.08. The summed E-state index contributed by atoms with van der Waals surface area (Å²) in [6.45, 7) is 0. The maximum atomic E-state index is 12.3. The van der Waals surface area contributed by atoms with Crippen molar-refractivity contribution in [2.75, 3.05) is 12.4 Å². The van der Waals surface area contributed by atoms with Crippen LogP contribution in [0.2, 0.25) is 0 Å². The van der Waals surface area contributed by atoms with Crippen molar-refractivity contribution in [3.63, 3.8) is 0 Å². The van der Waals surface area contributed by atoms with E-state index in [1.165, 1.54) is 19.2 Å². The minimum absolute atomic E-state index is 0.124. The van der Waals surface area contributed by atoms with E-state index in [9.17, 15) is 9.59 Å². The van der Waals surface area contributed by atoms with E-state index in [1.54, 1.807) is 6.07 Å². The Morgan fingerprint density at radius 1 is 1.09 bits per heavy atom. The largest absolute Gasteiger partial charge is 0.495 e. The van der Waals surface area contributed by atoms with Gasteiger partial charge >= 0.3 is 5.97 Å². The number of fused-ring (bicyclic) bond motifs is 1. The normalized spacial score (nSPS) is 15.0. The molecule has 1 aliphatic rings. The Balaban J connectivity index is 2.19. The molecule has 1 heterocycles. The second-order valence-corrected chi connectivity index (χ2v) is 4.79. The maximum absolute atomic E-state index is 12.3. The SMILES string of the molecule is CO/C(=C1\C(=O)Nc2cc(C(=O)O)ccc21)c1ccccc1. The fourth-order valence-electron chi connectivity index (χ4n) is 2.49. The molecule has 3 rings (SSSR count). The highest BCUT2D eigenvalue weighted by Gasteiger charge is 2.29. The van der Waals surface area contributed by atoms with E-state index in [1.807, 2.05) is 30.3 Å². The number of rotatable bonds is 3. The van der Waals surface area contributed by atoms with E-state index in [4.69, 9.17) is 9.84 Å². The van der Waals surface area contributed by atoms with Crippen molar-refractivity contribution in [1.29, 1.82) is 0 Å². The summed E-state index contributed by atoms with van der Waals surface area (Å²) in [5, 5.41) is 11.7. The van der Waals surface area contributed by atoms with Crippen molar-refractivity contribution in [2.24, 2.45) is 0 Å². The van der Waals surface area contributed by atoms with E-state index in [0.717, 1.165) is 5.56 Å². The van der Waals surface area contributed by atoms with Crippen LogP contribution in [0, 0.1) is 0 Å². The number of carboxylic acids is 1. The first-order valence-electron chi connectivity index (χ1n) is 6.64. The molecule has 0 bridgehead atoms. The van der Waals surface area contributed by atoms with Gasteiger partial charge in [-0.2, -0.15) is 0 Å². The van der Waals surface area contributed by atoms with Crippen LogP contribution in [0.15, 0.2) is 48.5 Å². The summed E-state index contributed by atoms with van der Waals surface area (Å²) in [4.78, 5) is 23.3. The van der Waals surface area contributed by atoms with Gasteiger partial charge in [0.15, 0.2) is 0 Å². The minimum Gasteiger partial charge on any atom is -0.495 e. The van der Waals surface area contributed by atoms with Gasteiger partial charge in [0.1, 0.15) is 5.76 Å². The van der Waals surface area contributed by atoms with Crippen LogP contribution in [0.4, 0.5) is 5.69 Å². The maximum Gasteiger partial charge on any atom is 0.335 e. The number of ether oxygens (including phenoxy) is 1. The van der Waals surface area contributed by atoms with Gasteiger partial charge in [0.05, 0.1) is 23.9 Å². The Kier molecular flexibility index (Phi) is 3.39. The van der Waals surface area contributed by atoms with Gasteiger partial charge in [0.2, 0.25) is 0 Å². The molecular formula is C17H13NO4. The molecule has 0 aliphatic carbocycles. The molecule has 0 atom stereocenters. The molecule has 2 N–H and O–H groups in total. The van der Waals surface area contributed by atoms with Gasteiger partial charge in [-0.3, -0.25) is 4.79 Å². The van der Waals surface area contributed by atoms with E-state index >= 15 is 0 Å². The molecule has 0 unspecified atom stereocenters. The molecule has 5 heteroatoms. The number of carboxylic acid groups (broad SMARTS) is 1. The average Bonchev–Trinajstić information content (AvgIpc) is 2.85. The quantitative estimate of drug-likeness (QED) is 0.674. The van der Waals surface area contributed by atoms with Crippen LogP contribution in [-0.4, -0.2) is 24.1 Å². The van der Waals surface area contributed by atoms with Crippen LogP contribution in [-0.2, 0) is 9.53 Å². The number of hydrogen-bond donors (Lipinski definition) is 2. The number of hydrogen-bond acceptors (Lipinski definition) is 3. The summed E-state index contributed by atoms with van der Waals surface area (Å²) >= 11 is 0. The van der Waals surface area contributed by atoms with Gasteiger partial charge in [0.25, 0.3) is 5.91 Å². The first kappa shape index (κ1) is 13.9. The number of methoxy groups -OCH3 is 1. The highest BCUT2D eigenvalue weighted by Crippen LogP contribution is 2.37. The molecule has 0 saturated heterocycles. The molecule has 0 aromatic heterocycles. The summed E-state index contributed by atoms with van der Waals surface area (Å²) < 4.78 is 5.43. The van der Waals surface area contributed by atoms with Gasteiger partial charge in [-0.1, -0.05) is 36.4 Å². The summed E-state index contributed by atoms with van der Waals surface area (Å²) in [6.07, 6.45) is 0. The molecule has 0 radical (unpaired) electrons. The number of anilines is 1. The third-order valence-corrected chi connectivity index (χ3v) is 3.48. The van der Waals surface area contributed by atoms with Crippen LogP contribution in [0.1, 0.15) is 21.5 Å². The van der Waals surface area contributed by atoms with Gasteiger partial charge in [-0.15, -0.1) is 0 Å². The zero-order valence-electron chi connectivity index (χ0n) is 11.8. The lowest BCUT2D eigenvalue weighted by molar-refractivity contribution is -0.110. The number of carbonyl (C=O) groups is 2. The molecule has 22 heavy (non-hydrogen) atoms. The Morgan fingerprint density at radius 3 is 2.45 bits per heavy atom. The lowest BCUT2D eigenvalue weighted by atomic mass is 10.0. The molecule has 110 valence electrons. The molecule has 1 aliphatic heterocycles. The van der Waals surface area contributed by atoms with Crippen LogP contribution >= 0.6 is 0 Å². The first-order valence-corrected chi connectivity index (χ1v) is 6.64. The highest BCUT2D eigenvalue weighted by atomic mass is 16.5. The molecule has 1 amide bonds. The highest BCUT2D eigenvalue weighted by molar-refractivity contribution is 6.36. The van der Waals surface area contributed by atoms with Crippen molar-refractivity contribution >= 4 is 28.9 Å². The molecular weight excluding hydrogens is 282 g/mol. The number of benzene rings is 2. The number of aromatic carboxylic acids is 1. The van der Waals surface area contributed by atoms with E-state index in [0.29, 0.717) is 22.6 Å². The third kappa shape index (κ3) is 2.22. The fourth-order valence-corrected chi connectivity index (χ4v) is 2.49. The predicted molar refractivity (Wildman–Crippen MR) is 82.3 cm³/mol. The van der Waals surface area contributed by atoms with E-state index < -0.39 is 5.97 Å². The Labute approximate surface area is 126 Å². The number of carbonyl (C=O) groups excluding carboxylic acids is 1. The standard InChI is InChI=1S/C17H13NO4/c1-22-15(10-5-3-2-4-6-10)14-12-8-7-11(17(20)21)9-13(12)18-16(14)19/h2-9H,1H3,(H,18,19)(H,20,21)/b15-14-. The third-order valence-electron chi connectivity index (χ3n) is 3.48. The first-order chi connectivity index (χ1) is 10.6. The van der Waals surface area contributed by atoms with Crippen molar-refractivity contribution in [2.45, 2.75) is 0 Å².